The third-order valence-corrected chi connectivity index (χ3v) is 3.90. The van der Waals surface area contributed by atoms with E-state index < -0.39 is 0 Å². The standard InChI is InChI=1S/C14H29N3O/c1-11(2)16(4)14(18)10-17-8-6-5-7-13(17)9-12(3)15/h11-13H,5-10,15H2,1-4H3. The summed E-state index contributed by atoms with van der Waals surface area (Å²) in [6, 6.07) is 0.978. The first-order valence-corrected chi connectivity index (χ1v) is 7.17. The molecule has 4 nitrogen and oxygen atoms in total. The van der Waals surface area contributed by atoms with E-state index >= 15 is 0 Å². The van der Waals surface area contributed by atoms with Crippen molar-refractivity contribution in [2.24, 2.45) is 5.73 Å². The third kappa shape index (κ3) is 4.58. The number of carbonyl (C=O) groups excluding carboxylic acids is 1. The molecule has 0 aromatic carbocycles. The molecule has 1 saturated heterocycles. The highest BCUT2D eigenvalue weighted by Crippen LogP contribution is 2.20. The predicted molar refractivity (Wildman–Crippen MR) is 75.4 cm³/mol. The molecule has 106 valence electrons. The van der Waals surface area contributed by atoms with Crippen LogP contribution in [0.2, 0.25) is 0 Å². The van der Waals surface area contributed by atoms with Crippen molar-refractivity contribution in [2.45, 2.75) is 64.6 Å². The van der Waals surface area contributed by atoms with E-state index in [0.717, 1.165) is 13.0 Å². The molecule has 0 bridgehead atoms. The highest BCUT2D eigenvalue weighted by atomic mass is 16.2. The van der Waals surface area contributed by atoms with Crippen LogP contribution in [0.15, 0.2) is 0 Å². The van der Waals surface area contributed by atoms with E-state index in [1.54, 1.807) is 0 Å². The number of carbonyl (C=O) groups is 1. The zero-order chi connectivity index (χ0) is 13.7. The van der Waals surface area contributed by atoms with Gasteiger partial charge >= 0.3 is 0 Å². The number of hydrogen-bond donors (Lipinski definition) is 1. The van der Waals surface area contributed by atoms with Crippen molar-refractivity contribution in [3.05, 3.63) is 0 Å². The summed E-state index contributed by atoms with van der Waals surface area (Å²) in [5.74, 6) is 0.224. The number of hydrogen-bond acceptors (Lipinski definition) is 3. The molecule has 4 heteroatoms. The van der Waals surface area contributed by atoms with Crippen LogP contribution in [0.5, 0.6) is 0 Å². The highest BCUT2D eigenvalue weighted by Gasteiger charge is 2.26. The molecule has 1 heterocycles. The molecule has 0 radical (unpaired) electrons. The molecule has 0 aliphatic carbocycles. The summed E-state index contributed by atoms with van der Waals surface area (Å²) in [4.78, 5) is 16.3. The Morgan fingerprint density at radius 2 is 2.06 bits per heavy atom. The van der Waals surface area contributed by atoms with Gasteiger partial charge in [0.2, 0.25) is 5.91 Å². The molecule has 2 atom stereocenters. The Bertz CT molecular complexity index is 266. The van der Waals surface area contributed by atoms with Crippen molar-refractivity contribution < 1.29 is 4.79 Å². The molecule has 0 aromatic rings. The van der Waals surface area contributed by atoms with Gasteiger partial charge in [0, 0.05) is 25.2 Å². The highest BCUT2D eigenvalue weighted by molar-refractivity contribution is 5.78. The Morgan fingerprint density at radius 3 is 2.61 bits per heavy atom. The van der Waals surface area contributed by atoms with Crippen molar-refractivity contribution in [2.75, 3.05) is 20.1 Å². The van der Waals surface area contributed by atoms with Gasteiger partial charge in [0.25, 0.3) is 0 Å². The van der Waals surface area contributed by atoms with Gasteiger partial charge in [0.15, 0.2) is 0 Å². The van der Waals surface area contributed by atoms with Gasteiger partial charge in [-0.25, -0.2) is 0 Å². The number of likely N-dealkylation sites (tertiary alicyclic amines) is 1. The van der Waals surface area contributed by atoms with Crippen molar-refractivity contribution in [3.63, 3.8) is 0 Å². The maximum absolute atomic E-state index is 12.1. The molecule has 18 heavy (non-hydrogen) atoms. The van der Waals surface area contributed by atoms with E-state index in [4.69, 9.17) is 5.73 Å². The molecule has 2 N–H and O–H groups in total. The van der Waals surface area contributed by atoms with Crippen LogP contribution in [0.3, 0.4) is 0 Å². The van der Waals surface area contributed by atoms with Gasteiger partial charge in [-0.2, -0.15) is 0 Å². The fourth-order valence-corrected chi connectivity index (χ4v) is 2.54. The van der Waals surface area contributed by atoms with Crippen LogP contribution in [-0.4, -0.2) is 54.0 Å². The van der Waals surface area contributed by atoms with E-state index in [2.05, 4.69) is 11.8 Å². The van der Waals surface area contributed by atoms with Crippen molar-refractivity contribution in [1.29, 1.82) is 0 Å². The van der Waals surface area contributed by atoms with Gasteiger partial charge in [-0.15, -0.1) is 0 Å². The van der Waals surface area contributed by atoms with Crippen LogP contribution in [0, 0.1) is 0 Å². The van der Waals surface area contributed by atoms with E-state index in [9.17, 15) is 4.79 Å². The number of likely N-dealkylation sites (N-methyl/N-ethyl adjacent to an activating group) is 1. The van der Waals surface area contributed by atoms with Gasteiger partial charge in [-0.1, -0.05) is 6.42 Å². The van der Waals surface area contributed by atoms with Crippen LogP contribution in [0.4, 0.5) is 0 Å². The number of amides is 1. The Labute approximate surface area is 111 Å². The molecule has 1 aliphatic rings. The second-order valence-electron chi connectivity index (χ2n) is 5.93. The smallest absolute Gasteiger partial charge is 0.236 e. The van der Waals surface area contributed by atoms with E-state index in [0.29, 0.717) is 12.6 Å². The summed E-state index contributed by atoms with van der Waals surface area (Å²) in [7, 11) is 1.89. The number of rotatable bonds is 5. The second kappa shape index (κ2) is 7.10. The Balaban J connectivity index is 2.53. The largest absolute Gasteiger partial charge is 0.342 e. The van der Waals surface area contributed by atoms with Crippen LogP contribution in [-0.2, 0) is 4.79 Å². The average Bonchev–Trinajstić information content (AvgIpc) is 2.29. The van der Waals surface area contributed by atoms with E-state index in [1.807, 2.05) is 25.8 Å². The van der Waals surface area contributed by atoms with Gasteiger partial charge in [0.05, 0.1) is 6.54 Å². The lowest BCUT2D eigenvalue weighted by molar-refractivity contribution is -0.133. The van der Waals surface area contributed by atoms with Crippen LogP contribution in [0.1, 0.15) is 46.5 Å². The number of nitrogens with zero attached hydrogens (tertiary/aromatic N) is 2. The normalized spacial score (nSPS) is 23.1. The number of piperidine rings is 1. The molecule has 2 unspecified atom stereocenters. The number of nitrogens with two attached hydrogens (primary N) is 1. The van der Waals surface area contributed by atoms with Crippen LogP contribution < -0.4 is 5.73 Å². The Hall–Kier alpha value is -0.610. The third-order valence-electron chi connectivity index (χ3n) is 3.90. The monoisotopic (exact) mass is 255 g/mol. The zero-order valence-corrected chi connectivity index (χ0v) is 12.4. The molecule has 1 rings (SSSR count). The molecule has 1 fully saturated rings. The quantitative estimate of drug-likeness (QED) is 0.809. The minimum atomic E-state index is 0.216. The summed E-state index contributed by atoms with van der Waals surface area (Å²) < 4.78 is 0. The van der Waals surface area contributed by atoms with Crippen LogP contribution >= 0.6 is 0 Å². The molecule has 0 aromatic heterocycles. The summed E-state index contributed by atoms with van der Waals surface area (Å²) >= 11 is 0. The molecule has 1 aliphatic heterocycles. The molecule has 1 amide bonds. The zero-order valence-electron chi connectivity index (χ0n) is 12.4. The molecule has 0 spiro atoms. The lowest BCUT2D eigenvalue weighted by atomic mass is 9.96. The lowest BCUT2D eigenvalue weighted by Gasteiger charge is -2.37. The first-order chi connectivity index (χ1) is 8.41. The maximum atomic E-state index is 12.1. The summed E-state index contributed by atoms with van der Waals surface area (Å²) in [5, 5.41) is 0. The van der Waals surface area contributed by atoms with Gasteiger partial charge < -0.3 is 10.6 Å². The van der Waals surface area contributed by atoms with Crippen molar-refractivity contribution >= 4 is 5.91 Å². The van der Waals surface area contributed by atoms with Gasteiger partial charge in [0.1, 0.15) is 0 Å². The molecular weight excluding hydrogens is 226 g/mol. The molecular formula is C14H29N3O. The lowest BCUT2D eigenvalue weighted by Crippen LogP contribution is -2.48. The Kier molecular flexibility index (Phi) is 6.09. The summed E-state index contributed by atoms with van der Waals surface area (Å²) in [6.07, 6.45) is 4.65. The topological polar surface area (TPSA) is 49.6 Å². The van der Waals surface area contributed by atoms with E-state index in [-0.39, 0.29) is 18.0 Å². The predicted octanol–water partition coefficient (Wildman–Crippen LogP) is 1.45. The summed E-state index contributed by atoms with van der Waals surface area (Å²) in [5.41, 5.74) is 5.90. The summed E-state index contributed by atoms with van der Waals surface area (Å²) in [6.45, 7) is 7.73. The van der Waals surface area contributed by atoms with Crippen molar-refractivity contribution in [3.8, 4) is 0 Å². The van der Waals surface area contributed by atoms with Gasteiger partial charge in [-0.3, -0.25) is 9.69 Å². The SMILES string of the molecule is CC(N)CC1CCCCN1CC(=O)N(C)C(C)C. The Morgan fingerprint density at radius 1 is 1.39 bits per heavy atom. The van der Waals surface area contributed by atoms with Crippen molar-refractivity contribution in [1.82, 2.24) is 9.80 Å². The van der Waals surface area contributed by atoms with Crippen LogP contribution in [0.25, 0.3) is 0 Å². The van der Waals surface area contributed by atoms with E-state index in [1.165, 1.54) is 19.3 Å². The average molecular weight is 255 g/mol. The fraction of sp³-hybridized carbons (Fsp3) is 0.929. The maximum Gasteiger partial charge on any atom is 0.236 e. The fourth-order valence-electron chi connectivity index (χ4n) is 2.54. The molecule has 0 saturated carbocycles. The minimum Gasteiger partial charge on any atom is -0.342 e. The second-order valence-corrected chi connectivity index (χ2v) is 5.93. The first kappa shape index (κ1) is 15.4. The first-order valence-electron chi connectivity index (χ1n) is 7.17. The van der Waals surface area contributed by atoms with Gasteiger partial charge in [-0.05, 0) is 46.6 Å². The minimum absolute atomic E-state index is 0.216.